The summed E-state index contributed by atoms with van der Waals surface area (Å²) in [5.41, 5.74) is 18.2. The molecular formula is C51H35N4+. The number of nitrogens with one attached hydrogen (secondary N) is 2. The Morgan fingerprint density at radius 3 is 1.87 bits per heavy atom. The molecular weight excluding hydrogens is 669 g/mol. The number of aromatic amines is 1. The van der Waals surface area contributed by atoms with Crippen LogP contribution < -0.4 is 4.99 Å². The van der Waals surface area contributed by atoms with E-state index in [0.29, 0.717) is 0 Å². The first-order valence-electron chi connectivity index (χ1n) is 19.1. The molecule has 0 spiro atoms. The predicted octanol–water partition coefficient (Wildman–Crippen LogP) is 10.1. The average Bonchev–Trinajstić information content (AvgIpc) is 4.08. The minimum absolute atomic E-state index is 0.455. The molecule has 0 bridgehead atoms. The lowest BCUT2D eigenvalue weighted by atomic mass is 9.67. The summed E-state index contributed by atoms with van der Waals surface area (Å²) in [4.78, 5) is 7.06. The second kappa shape index (κ2) is 11.4. The summed E-state index contributed by atoms with van der Waals surface area (Å²) >= 11 is 0. The Kier molecular flexibility index (Phi) is 6.29. The smallest absolute Gasteiger partial charge is 0.182 e. The SMILES string of the molecule is C1=[NH+]Cc2c1c1ccccc1n2-c1ccc(-c2ccc(-n3c4[nH]ccc4c4ccc5c(c43)-c3ccccc3C5(c3ccccc3)c3ccccc3)cc2)cc1. The van der Waals surface area contributed by atoms with Crippen molar-refractivity contribution >= 4 is 39.1 Å². The number of hydrogen-bond donors (Lipinski definition) is 2. The molecule has 0 amide bonds. The summed E-state index contributed by atoms with van der Waals surface area (Å²) in [6.45, 7) is 0.837. The van der Waals surface area contributed by atoms with Crippen molar-refractivity contribution in [2.45, 2.75) is 12.0 Å². The number of nitrogens with zero attached hydrogens (tertiary/aromatic N) is 2. The van der Waals surface area contributed by atoms with Gasteiger partial charge in [0.1, 0.15) is 11.3 Å². The molecule has 55 heavy (non-hydrogen) atoms. The van der Waals surface area contributed by atoms with Gasteiger partial charge in [0.05, 0.1) is 22.0 Å². The molecule has 3 aromatic heterocycles. The normalized spacial score (nSPS) is 13.8. The maximum Gasteiger partial charge on any atom is 0.182 e. The minimum Gasteiger partial charge on any atom is -0.347 e. The first-order chi connectivity index (χ1) is 27.3. The van der Waals surface area contributed by atoms with Crippen LogP contribution in [0.5, 0.6) is 0 Å². The second-order valence-corrected chi connectivity index (χ2v) is 14.8. The monoisotopic (exact) mass is 703 g/mol. The van der Waals surface area contributed by atoms with E-state index in [1.165, 1.54) is 88.6 Å². The van der Waals surface area contributed by atoms with Gasteiger partial charge in [0, 0.05) is 39.3 Å². The van der Waals surface area contributed by atoms with Crippen LogP contribution in [0.1, 0.15) is 33.5 Å². The standard InChI is InChI=1S/C51H34N4/c1-3-11-35(12-4-1)51(36-13-5-2-6-14-36)44-17-9-7-16-42(44)48-45(51)28-27-40-41-29-30-53-50(41)55(49(40)48)38-25-21-34(22-26-38)33-19-23-37(24-20-33)54-46-18-10-8-15-39(46)43-31-52-32-47(43)54/h1-31,53H,32H2/p+1. The van der Waals surface area contributed by atoms with Crippen LogP contribution >= 0.6 is 0 Å². The highest BCUT2D eigenvalue weighted by Crippen LogP contribution is 2.58. The van der Waals surface area contributed by atoms with Crippen molar-refractivity contribution in [3.05, 3.63) is 216 Å². The number of para-hydroxylation sites is 1. The van der Waals surface area contributed by atoms with Crippen LogP contribution in [0.2, 0.25) is 0 Å². The quantitative estimate of drug-likeness (QED) is 0.179. The maximum absolute atomic E-state index is 3.63. The van der Waals surface area contributed by atoms with Gasteiger partial charge >= 0.3 is 0 Å². The molecule has 10 aromatic rings. The van der Waals surface area contributed by atoms with Gasteiger partial charge in [-0.25, -0.2) is 4.99 Å². The molecule has 1 aliphatic heterocycles. The van der Waals surface area contributed by atoms with Gasteiger partial charge in [-0.1, -0.05) is 140 Å². The summed E-state index contributed by atoms with van der Waals surface area (Å²) in [6.07, 6.45) is 4.21. The first kappa shape index (κ1) is 30.3. The van der Waals surface area contributed by atoms with Gasteiger partial charge in [0.25, 0.3) is 0 Å². The molecule has 12 rings (SSSR count). The van der Waals surface area contributed by atoms with Gasteiger partial charge in [-0.05, 0) is 75.3 Å². The zero-order valence-electron chi connectivity index (χ0n) is 30.0. The van der Waals surface area contributed by atoms with Crippen molar-refractivity contribution in [3.8, 4) is 33.6 Å². The molecule has 0 atom stereocenters. The fraction of sp³-hybridized carbons (Fsp3) is 0.0392. The molecule has 258 valence electrons. The maximum atomic E-state index is 3.63. The van der Waals surface area contributed by atoms with Crippen LogP contribution in [0.4, 0.5) is 0 Å². The minimum atomic E-state index is -0.455. The molecule has 4 heterocycles. The topological polar surface area (TPSA) is 39.6 Å². The van der Waals surface area contributed by atoms with Crippen LogP contribution in [-0.2, 0) is 12.0 Å². The van der Waals surface area contributed by atoms with Gasteiger partial charge < -0.3 is 9.55 Å². The van der Waals surface area contributed by atoms with Gasteiger partial charge in [-0.2, -0.15) is 0 Å². The third-order valence-corrected chi connectivity index (χ3v) is 12.2. The predicted molar refractivity (Wildman–Crippen MR) is 225 cm³/mol. The molecule has 7 aromatic carbocycles. The Hall–Kier alpha value is -7.17. The van der Waals surface area contributed by atoms with E-state index >= 15 is 0 Å². The van der Waals surface area contributed by atoms with Crippen molar-refractivity contribution in [1.82, 2.24) is 14.1 Å². The van der Waals surface area contributed by atoms with Crippen molar-refractivity contribution < 1.29 is 4.99 Å². The van der Waals surface area contributed by atoms with Crippen molar-refractivity contribution in [2.75, 3.05) is 0 Å². The Labute approximate surface area is 318 Å². The van der Waals surface area contributed by atoms with E-state index in [2.05, 4.69) is 207 Å². The van der Waals surface area contributed by atoms with Crippen LogP contribution in [-0.4, -0.2) is 20.3 Å². The van der Waals surface area contributed by atoms with Gasteiger partial charge in [-0.3, -0.25) is 4.57 Å². The number of H-pyrrole nitrogens is 1. The van der Waals surface area contributed by atoms with E-state index in [0.717, 1.165) is 17.9 Å². The summed E-state index contributed by atoms with van der Waals surface area (Å²) in [6, 6.07) is 64.9. The summed E-state index contributed by atoms with van der Waals surface area (Å²) in [7, 11) is 0. The zero-order valence-corrected chi connectivity index (χ0v) is 30.0. The molecule has 2 N–H and O–H groups in total. The van der Waals surface area contributed by atoms with Crippen LogP contribution in [0.25, 0.3) is 66.5 Å². The number of rotatable bonds is 5. The second-order valence-electron chi connectivity index (χ2n) is 14.8. The van der Waals surface area contributed by atoms with E-state index in [9.17, 15) is 0 Å². The van der Waals surface area contributed by atoms with Crippen molar-refractivity contribution in [3.63, 3.8) is 0 Å². The van der Waals surface area contributed by atoms with Gasteiger partial charge in [0.2, 0.25) is 0 Å². The number of hydrogen-bond acceptors (Lipinski definition) is 0. The molecule has 0 saturated heterocycles. The highest BCUT2D eigenvalue weighted by atomic mass is 15.1. The van der Waals surface area contributed by atoms with Crippen molar-refractivity contribution in [2.24, 2.45) is 0 Å². The summed E-state index contributed by atoms with van der Waals surface area (Å²) in [5, 5.41) is 3.76. The lowest BCUT2D eigenvalue weighted by Crippen LogP contribution is -2.64. The number of benzene rings is 7. The average molecular weight is 704 g/mol. The van der Waals surface area contributed by atoms with E-state index in [4.69, 9.17) is 0 Å². The molecule has 0 unspecified atom stereocenters. The fourth-order valence-electron chi connectivity index (χ4n) is 9.90. The number of fused-ring (bicyclic) bond motifs is 10. The third kappa shape index (κ3) is 4.08. The van der Waals surface area contributed by atoms with Crippen LogP contribution in [0, 0.1) is 0 Å². The lowest BCUT2D eigenvalue weighted by molar-refractivity contribution is -0.465. The molecule has 2 aliphatic rings. The third-order valence-electron chi connectivity index (χ3n) is 12.2. The highest BCUT2D eigenvalue weighted by Gasteiger charge is 2.47. The van der Waals surface area contributed by atoms with Gasteiger partial charge in [-0.15, -0.1) is 0 Å². The van der Waals surface area contributed by atoms with Crippen molar-refractivity contribution in [1.29, 1.82) is 0 Å². The van der Waals surface area contributed by atoms with E-state index in [1.54, 1.807) is 0 Å². The Morgan fingerprint density at radius 2 is 1.15 bits per heavy atom. The van der Waals surface area contributed by atoms with Crippen LogP contribution in [0.15, 0.2) is 182 Å². The fourth-order valence-corrected chi connectivity index (χ4v) is 9.90. The molecule has 1 aliphatic carbocycles. The largest absolute Gasteiger partial charge is 0.347 e. The Morgan fingerprint density at radius 1 is 0.509 bits per heavy atom. The molecule has 0 saturated carbocycles. The summed E-state index contributed by atoms with van der Waals surface area (Å²) < 4.78 is 4.84. The highest BCUT2D eigenvalue weighted by molar-refractivity contribution is 6.15. The molecule has 0 radical (unpaired) electrons. The Balaban J connectivity index is 1.02. The lowest BCUT2D eigenvalue weighted by Gasteiger charge is -2.33. The molecule has 4 heteroatoms. The zero-order chi connectivity index (χ0) is 36.1. The van der Waals surface area contributed by atoms with Crippen LogP contribution in [0.3, 0.4) is 0 Å². The first-order valence-corrected chi connectivity index (χ1v) is 19.1. The Bertz CT molecular complexity index is 3100. The van der Waals surface area contributed by atoms with Gasteiger partial charge in [0.15, 0.2) is 12.8 Å². The van der Waals surface area contributed by atoms with E-state index < -0.39 is 5.41 Å². The molecule has 0 fully saturated rings. The summed E-state index contributed by atoms with van der Waals surface area (Å²) in [5.74, 6) is 0. The van der Waals surface area contributed by atoms with E-state index in [-0.39, 0.29) is 0 Å². The molecule has 4 nitrogen and oxygen atoms in total. The number of aromatic nitrogens is 3. The van der Waals surface area contributed by atoms with E-state index in [1.807, 2.05) is 0 Å².